The van der Waals surface area contributed by atoms with Crippen LogP contribution in [0.1, 0.15) is 15.9 Å². The second-order valence-electron chi connectivity index (χ2n) is 7.42. The maximum absolute atomic E-state index is 12.7. The predicted molar refractivity (Wildman–Crippen MR) is 130 cm³/mol. The number of anilines is 1. The van der Waals surface area contributed by atoms with E-state index in [4.69, 9.17) is 4.74 Å². The van der Waals surface area contributed by atoms with Gasteiger partial charge in [0.1, 0.15) is 5.75 Å². The SMILES string of the molecule is Cc1cc(C(=O)N2CCSCC2)ccc1NC(=O)COc1ccc2cc(Br)ccc2c1. The van der Waals surface area contributed by atoms with E-state index in [0.717, 1.165) is 45.4 Å². The summed E-state index contributed by atoms with van der Waals surface area (Å²) in [5.74, 6) is 2.41. The van der Waals surface area contributed by atoms with E-state index in [2.05, 4.69) is 21.2 Å². The van der Waals surface area contributed by atoms with E-state index >= 15 is 0 Å². The minimum atomic E-state index is -0.244. The Bertz CT molecular complexity index is 1130. The van der Waals surface area contributed by atoms with Crippen molar-refractivity contribution < 1.29 is 14.3 Å². The molecule has 0 aromatic heterocycles. The van der Waals surface area contributed by atoms with Gasteiger partial charge < -0.3 is 15.0 Å². The minimum absolute atomic E-state index is 0.0490. The number of fused-ring (bicyclic) bond motifs is 1. The Labute approximate surface area is 194 Å². The lowest BCUT2D eigenvalue weighted by atomic mass is 10.1. The summed E-state index contributed by atoms with van der Waals surface area (Å²) in [6.45, 7) is 3.36. The molecule has 0 atom stereocenters. The van der Waals surface area contributed by atoms with Gasteiger partial charge in [0.25, 0.3) is 11.8 Å². The molecule has 5 nitrogen and oxygen atoms in total. The van der Waals surface area contributed by atoms with Crippen molar-refractivity contribution in [3.63, 3.8) is 0 Å². The summed E-state index contributed by atoms with van der Waals surface area (Å²) in [5.41, 5.74) is 2.19. The molecule has 1 aliphatic rings. The van der Waals surface area contributed by atoms with Crippen molar-refractivity contribution >= 4 is 56.0 Å². The third kappa shape index (κ3) is 5.40. The maximum Gasteiger partial charge on any atom is 0.262 e. The van der Waals surface area contributed by atoms with Crippen molar-refractivity contribution in [1.82, 2.24) is 4.90 Å². The quantitative estimate of drug-likeness (QED) is 0.530. The zero-order valence-electron chi connectivity index (χ0n) is 17.2. The van der Waals surface area contributed by atoms with Gasteiger partial charge in [0.2, 0.25) is 0 Å². The number of nitrogens with one attached hydrogen (secondary N) is 1. The molecule has 3 aromatic carbocycles. The summed E-state index contributed by atoms with van der Waals surface area (Å²) >= 11 is 5.34. The molecule has 0 unspecified atom stereocenters. The first-order valence-electron chi connectivity index (χ1n) is 10.1. The Morgan fingerprint density at radius 2 is 1.77 bits per heavy atom. The fourth-order valence-electron chi connectivity index (χ4n) is 3.51. The summed E-state index contributed by atoms with van der Waals surface area (Å²) < 4.78 is 6.69. The van der Waals surface area contributed by atoms with Crippen molar-refractivity contribution in [1.29, 1.82) is 0 Å². The average molecular weight is 499 g/mol. The van der Waals surface area contributed by atoms with Crippen molar-refractivity contribution in [2.45, 2.75) is 6.92 Å². The zero-order valence-corrected chi connectivity index (χ0v) is 19.6. The van der Waals surface area contributed by atoms with Gasteiger partial charge in [-0.15, -0.1) is 0 Å². The molecular formula is C24H23BrN2O3S. The fourth-order valence-corrected chi connectivity index (χ4v) is 4.79. The normalized spacial score (nSPS) is 13.8. The van der Waals surface area contributed by atoms with Crippen LogP contribution in [0.5, 0.6) is 5.75 Å². The van der Waals surface area contributed by atoms with Gasteiger partial charge in [0.15, 0.2) is 6.61 Å². The maximum atomic E-state index is 12.7. The molecule has 31 heavy (non-hydrogen) atoms. The molecule has 0 spiro atoms. The number of carbonyl (C=O) groups excluding carboxylic acids is 2. The Hall–Kier alpha value is -2.51. The number of ether oxygens (including phenoxy) is 1. The van der Waals surface area contributed by atoms with E-state index < -0.39 is 0 Å². The molecule has 160 valence electrons. The van der Waals surface area contributed by atoms with Crippen molar-refractivity contribution in [3.8, 4) is 5.75 Å². The van der Waals surface area contributed by atoms with E-state index in [1.807, 2.05) is 66.1 Å². The van der Waals surface area contributed by atoms with E-state index in [-0.39, 0.29) is 18.4 Å². The second kappa shape index (κ2) is 9.75. The number of benzene rings is 3. The lowest BCUT2D eigenvalue weighted by Crippen LogP contribution is -2.37. The van der Waals surface area contributed by atoms with Gasteiger partial charge in [-0.3, -0.25) is 9.59 Å². The number of carbonyl (C=O) groups is 2. The summed E-state index contributed by atoms with van der Waals surface area (Å²) in [4.78, 5) is 26.9. The molecule has 1 saturated heterocycles. The zero-order chi connectivity index (χ0) is 21.8. The van der Waals surface area contributed by atoms with Crippen LogP contribution in [0.2, 0.25) is 0 Å². The number of amides is 2. The number of halogens is 1. The molecule has 1 heterocycles. The molecule has 0 saturated carbocycles. The molecular weight excluding hydrogens is 476 g/mol. The molecule has 2 amide bonds. The van der Waals surface area contributed by atoms with E-state index in [1.165, 1.54) is 0 Å². The van der Waals surface area contributed by atoms with Crippen LogP contribution in [0, 0.1) is 6.92 Å². The molecule has 7 heteroatoms. The van der Waals surface area contributed by atoms with Crippen molar-refractivity contribution in [2.24, 2.45) is 0 Å². The van der Waals surface area contributed by atoms with Crippen LogP contribution < -0.4 is 10.1 Å². The van der Waals surface area contributed by atoms with E-state index in [9.17, 15) is 9.59 Å². The lowest BCUT2D eigenvalue weighted by Gasteiger charge is -2.26. The first kappa shape index (κ1) is 21.7. The summed E-state index contributed by atoms with van der Waals surface area (Å²) in [6, 6.07) is 17.1. The van der Waals surface area contributed by atoms with Gasteiger partial charge in [-0.1, -0.05) is 28.1 Å². The first-order chi connectivity index (χ1) is 15.0. The van der Waals surface area contributed by atoms with Crippen LogP contribution in [-0.4, -0.2) is 47.9 Å². The largest absolute Gasteiger partial charge is 0.484 e. The first-order valence-corrected chi connectivity index (χ1v) is 12.0. The van der Waals surface area contributed by atoms with Crippen LogP contribution >= 0.6 is 27.7 Å². The number of hydrogen-bond donors (Lipinski definition) is 1. The Morgan fingerprint density at radius 1 is 1.03 bits per heavy atom. The van der Waals surface area contributed by atoms with Gasteiger partial charge >= 0.3 is 0 Å². The van der Waals surface area contributed by atoms with Crippen LogP contribution in [0.25, 0.3) is 10.8 Å². The molecule has 1 N–H and O–H groups in total. The summed E-state index contributed by atoms with van der Waals surface area (Å²) in [7, 11) is 0. The van der Waals surface area contributed by atoms with Crippen molar-refractivity contribution in [3.05, 3.63) is 70.2 Å². The number of nitrogens with zero attached hydrogens (tertiary/aromatic N) is 1. The molecule has 1 aliphatic heterocycles. The Morgan fingerprint density at radius 3 is 2.55 bits per heavy atom. The van der Waals surface area contributed by atoms with E-state index in [0.29, 0.717) is 17.0 Å². The molecule has 0 bridgehead atoms. The third-order valence-electron chi connectivity index (χ3n) is 5.19. The Kier molecular flexibility index (Phi) is 6.83. The summed E-state index contributed by atoms with van der Waals surface area (Å²) in [6.07, 6.45) is 0. The standard InChI is InChI=1S/C24H23BrN2O3S/c1-16-12-19(24(29)27-8-10-31-11-9-27)4-7-22(16)26-23(28)15-30-21-6-3-17-13-20(25)5-2-18(17)14-21/h2-7,12-14H,8-11,15H2,1H3,(H,26,28). The molecule has 3 aromatic rings. The van der Waals surface area contributed by atoms with Crippen LogP contribution in [0.4, 0.5) is 5.69 Å². The fraction of sp³-hybridized carbons (Fsp3) is 0.250. The molecule has 4 rings (SSSR count). The number of hydrogen-bond acceptors (Lipinski definition) is 4. The monoisotopic (exact) mass is 498 g/mol. The van der Waals surface area contributed by atoms with Crippen molar-refractivity contribution in [2.75, 3.05) is 36.5 Å². The number of thioether (sulfide) groups is 1. The van der Waals surface area contributed by atoms with Gasteiger partial charge in [-0.2, -0.15) is 11.8 Å². The van der Waals surface area contributed by atoms with Gasteiger partial charge in [0, 0.05) is 40.3 Å². The minimum Gasteiger partial charge on any atom is -0.484 e. The highest BCUT2D eigenvalue weighted by molar-refractivity contribution is 9.10. The van der Waals surface area contributed by atoms with Gasteiger partial charge in [0.05, 0.1) is 0 Å². The highest BCUT2D eigenvalue weighted by Crippen LogP contribution is 2.24. The number of aryl methyl sites for hydroxylation is 1. The highest BCUT2D eigenvalue weighted by Gasteiger charge is 2.19. The highest BCUT2D eigenvalue weighted by atomic mass is 79.9. The molecule has 0 aliphatic carbocycles. The molecule has 0 radical (unpaired) electrons. The van der Waals surface area contributed by atoms with Gasteiger partial charge in [-0.25, -0.2) is 0 Å². The number of rotatable bonds is 5. The predicted octanol–water partition coefficient (Wildman–Crippen LogP) is 5.12. The summed E-state index contributed by atoms with van der Waals surface area (Å²) in [5, 5.41) is 5.02. The van der Waals surface area contributed by atoms with Crippen LogP contribution in [0.3, 0.4) is 0 Å². The average Bonchev–Trinajstić information content (AvgIpc) is 2.79. The lowest BCUT2D eigenvalue weighted by molar-refractivity contribution is -0.118. The Balaban J connectivity index is 1.36. The van der Waals surface area contributed by atoms with Crippen LogP contribution in [0.15, 0.2) is 59.1 Å². The topological polar surface area (TPSA) is 58.6 Å². The van der Waals surface area contributed by atoms with Gasteiger partial charge in [-0.05, 0) is 65.7 Å². The third-order valence-corrected chi connectivity index (χ3v) is 6.63. The molecule has 1 fully saturated rings. The second-order valence-corrected chi connectivity index (χ2v) is 9.56. The van der Waals surface area contributed by atoms with Crippen LogP contribution in [-0.2, 0) is 4.79 Å². The smallest absolute Gasteiger partial charge is 0.262 e. The van der Waals surface area contributed by atoms with E-state index in [1.54, 1.807) is 12.1 Å².